The molecule has 0 atom stereocenters. The summed E-state index contributed by atoms with van der Waals surface area (Å²) in [5.41, 5.74) is -0.561. The van der Waals surface area contributed by atoms with Crippen molar-refractivity contribution < 1.29 is 19.2 Å². The van der Waals surface area contributed by atoms with Gasteiger partial charge in [-0.3, -0.25) is 10.1 Å². The van der Waals surface area contributed by atoms with E-state index in [1.54, 1.807) is 0 Å². The summed E-state index contributed by atoms with van der Waals surface area (Å²) in [5, 5.41) is 27.3. The van der Waals surface area contributed by atoms with Gasteiger partial charge in [0, 0.05) is 0 Å². The lowest BCUT2D eigenvalue weighted by atomic mass is 10.2. The van der Waals surface area contributed by atoms with E-state index in [0.717, 1.165) is 16.8 Å². The van der Waals surface area contributed by atoms with E-state index in [1.807, 2.05) is 6.92 Å². The monoisotopic (exact) mass is 294 g/mol. The number of aromatic nitrogens is 3. The van der Waals surface area contributed by atoms with Crippen molar-refractivity contribution >= 4 is 11.7 Å². The van der Waals surface area contributed by atoms with E-state index in [0.29, 0.717) is 12.8 Å². The minimum absolute atomic E-state index is 0.0233. The topological polar surface area (TPSA) is 111 Å². The highest BCUT2D eigenvalue weighted by Crippen LogP contribution is 2.25. The van der Waals surface area contributed by atoms with Crippen LogP contribution in [0.5, 0.6) is 0 Å². The molecule has 110 valence electrons. The lowest BCUT2D eigenvalue weighted by Gasteiger charge is -2.06. The molecule has 2 aromatic rings. The van der Waals surface area contributed by atoms with Crippen molar-refractivity contribution in [3.05, 3.63) is 45.5 Å². The first-order valence-electron chi connectivity index (χ1n) is 6.07. The first-order valence-corrected chi connectivity index (χ1v) is 6.07. The highest BCUT2D eigenvalue weighted by Gasteiger charge is 2.24. The summed E-state index contributed by atoms with van der Waals surface area (Å²) >= 11 is 0. The molecule has 0 fully saturated rings. The zero-order valence-electron chi connectivity index (χ0n) is 11.0. The van der Waals surface area contributed by atoms with Crippen molar-refractivity contribution in [2.24, 2.45) is 0 Å². The van der Waals surface area contributed by atoms with E-state index in [4.69, 9.17) is 5.11 Å². The fraction of sp³-hybridized carbons (Fsp3) is 0.250. The van der Waals surface area contributed by atoms with Crippen molar-refractivity contribution in [2.75, 3.05) is 0 Å². The average Bonchev–Trinajstić information content (AvgIpc) is 2.83. The molecule has 1 N–H and O–H groups in total. The van der Waals surface area contributed by atoms with Crippen molar-refractivity contribution in [3.63, 3.8) is 0 Å². The number of rotatable bonds is 5. The zero-order chi connectivity index (χ0) is 15.6. The summed E-state index contributed by atoms with van der Waals surface area (Å²) in [6, 6.07) is 2.97. The van der Waals surface area contributed by atoms with E-state index >= 15 is 0 Å². The lowest BCUT2D eigenvalue weighted by Crippen LogP contribution is -2.08. The summed E-state index contributed by atoms with van der Waals surface area (Å²) in [5.74, 6) is -2.03. The Labute approximate surface area is 118 Å². The third kappa shape index (κ3) is 2.71. The van der Waals surface area contributed by atoms with Gasteiger partial charge < -0.3 is 5.11 Å². The van der Waals surface area contributed by atoms with Crippen LogP contribution in [-0.4, -0.2) is 31.0 Å². The largest absolute Gasteiger partial charge is 0.476 e. The van der Waals surface area contributed by atoms with Crippen LogP contribution in [0, 0.1) is 15.9 Å². The van der Waals surface area contributed by atoms with E-state index in [2.05, 4.69) is 10.3 Å². The lowest BCUT2D eigenvalue weighted by molar-refractivity contribution is -0.384. The molecule has 0 amide bonds. The molecule has 1 aromatic heterocycles. The molecule has 0 saturated carbocycles. The van der Waals surface area contributed by atoms with Gasteiger partial charge in [0.05, 0.1) is 16.7 Å². The number of carbonyl (C=O) groups is 1. The Bertz CT molecular complexity index is 713. The molecular formula is C12H11FN4O4. The average molecular weight is 294 g/mol. The number of hydrogen-bond acceptors (Lipinski definition) is 5. The third-order valence-corrected chi connectivity index (χ3v) is 2.81. The van der Waals surface area contributed by atoms with Gasteiger partial charge in [0.15, 0.2) is 5.69 Å². The van der Waals surface area contributed by atoms with Crippen LogP contribution in [0.15, 0.2) is 18.2 Å². The zero-order valence-corrected chi connectivity index (χ0v) is 11.0. The number of hydrogen-bond donors (Lipinski definition) is 1. The van der Waals surface area contributed by atoms with Gasteiger partial charge in [-0.15, -0.1) is 5.10 Å². The van der Waals surface area contributed by atoms with Gasteiger partial charge in [-0.25, -0.2) is 13.9 Å². The molecule has 0 unspecified atom stereocenters. The maximum Gasteiger partial charge on any atom is 0.358 e. The predicted octanol–water partition coefficient (Wildman–Crippen LogP) is 1.97. The number of nitrogens with zero attached hydrogens (tertiary/aromatic N) is 4. The van der Waals surface area contributed by atoms with Crippen molar-refractivity contribution in [1.82, 2.24) is 15.0 Å². The Balaban J connectivity index is 2.67. The number of nitro benzene ring substituents is 1. The Morgan fingerprint density at radius 2 is 2.24 bits per heavy atom. The van der Waals surface area contributed by atoms with Gasteiger partial charge in [-0.2, -0.15) is 0 Å². The molecule has 2 rings (SSSR count). The minimum atomic E-state index is -1.27. The molecule has 1 aromatic carbocycles. The number of carboxylic acids is 1. The summed E-state index contributed by atoms with van der Waals surface area (Å²) in [6.45, 7) is 1.82. The van der Waals surface area contributed by atoms with Crippen LogP contribution in [0.1, 0.15) is 29.5 Å². The number of halogens is 1. The smallest absolute Gasteiger partial charge is 0.358 e. The quantitative estimate of drug-likeness (QED) is 0.666. The highest BCUT2D eigenvalue weighted by atomic mass is 19.1. The van der Waals surface area contributed by atoms with Gasteiger partial charge in [0.1, 0.15) is 11.5 Å². The van der Waals surface area contributed by atoms with Crippen molar-refractivity contribution in [1.29, 1.82) is 0 Å². The van der Waals surface area contributed by atoms with Crippen molar-refractivity contribution in [2.45, 2.75) is 19.8 Å². The first kappa shape index (κ1) is 14.6. The minimum Gasteiger partial charge on any atom is -0.476 e. The summed E-state index contributed by atoms with van der Waals surface area (Å²) in [6.07, 6.45) is 0.922. The van der Waals surface area contributed by atoms with Crippen LogP contribution < -0.4 is 0 Å². The second-order valence-electron chi connectivity index (χ2n) is 4.24. The van der Waals surface area contributed by atoms with E-state index in [1.165, 1.54) is 6.07 Å². The molecule has 0 bridgehead atoms. The normalized spacial score (nSPS) is 10.6. The third-order valence-electron chi connectivity index (χ3n) is 2.81. The summed E-state index contributed by atoms with van der Waals surface area (Å²) in [4.78, 5) is 21.4. The summed E-state index contributed by atoms with van der Waals surface area (Å²) < 4.78 is 14.2. The molecule has 9 heteroatoms. The van der Waals surface area contributed by atoms with E-state index < -0.39 is 22.4 Å². The van der Waals surface area contributed by atoms with Crippen molar-refractivity contribution in [3.8, 4) is 5.69 Å². The van der Waals surface area contributed by atoms with Crippen LogP contribution in [0.2, 0.25) is 0 Å². The number of aromatic carboxylic acids is 1. The molecule has 0 aliphatic heterocycles. The second kappa shape index (κ2) is 5.65. The fourth-order valence-corrected chi connectivity index (χ4v) is 1.94. The van der Waals surface area contributed by atoms with Gasteiger partial charge >= 0.3 is 5.97 Å². The maximum atomic E-state index is 13.2. The molecule has 0 radical (unpaired) electrons. The standard InChI is InChI=1S/C12H11FN4O4/c1-2-3-9-11(12(18)19)14-15-16(9)8-5-4-7(13)6-10(8)17(20)21/h4-6H,2-3H2,1H3,(H,18,19). The molecule has 1 heterocycles. The van der Waals surface area contributed by atoms with E-state index in [-0.39, 0.29) is 17.1 Å². The highest BCUT2D eigenvalue weighted by molar-refractivity contribution is 5.86. The summed E-state index contributed by atoms with van der Waals surface area (Å²) in [7, 11) is 0. The molecule has 21 heavy (non-hydrogen) atoms. The Hall–Kier alpha value is -2.84. The van der Waals surface area contributed by atoms with Crippen LogP contribution >= 0.6 is 0 Å². The van der Waals surface area contributed by atoms with Crippen LogP contribution in [0.3, 0.4) is 0 Å². The van der Waals surface area contributed by atoms with Crippen LogP contribution in [-0.2, 0) is 6.42 Å². The Morgan fingerprint density at radius 1 is 1.52 bits per heavy atom. The van der Waals surface area contributed by atoms with E-state index in [9.17, 15) is 19.3 Å². The maximum absolute atomic E-state index is 13.2. The van der Waals surface area contributed by atoms with Gasteiger partial charge in [-0.05, 0) is 18.6 Å². The molecule has 0 aliphatic rings. The predicted molar refractivity (Wildman–Crippen MR) is 68.9 cm³/mol. The molecule has 8 nitrogen and oxygen atoms in total. The first-order chi connectivity index (χ1) is 9.95. The molecule has 0 aliphatic carbocycles. The van der Waals surface area contributed by atoms with Gasteiger partial charge in [-0.1, -0.05) is 18.6 Å². The molecule has 0 saturated heterocycles. The van der Waals surface area contributed by atoms with Gasteiger partial charge in [0.25, 0.3) is 5.69 Å². The number of nitro groups is 1. The SMILES string of the molecule is CCCc1c(C(=O)O)nnn1-c1ccc(F)cc1[N+](=O)[O-]. The Kier molecular flexibility index (Phi) is 3.92. The fourth-order valence-electron chi connectivity index (χ4n) is 1.94. The number of benzene rings is 1. The Morgan fingerprint density at radius 3 is 2.81 bits per heavy atom. The van der Waals surface area contributed by atoms with Crippen LogP contribution in [0.4, 0.5) is 10.1 Å². The molecule has 0 spiro atoms. The number of carboxylic acid groups (broad SMARTS) is 1. The van der Waals surface area contributed by atoms with Gasteiger partial charge in [0.2, 0.25) is 0 Å². The molecular weight excluding hydrogens is 283 g/mol. The van der Waals surface area contributed by atoms with Crippen LogP contribution in [0.25, 0.3) is 5.69 Å². The second-order valence-corrected chi connectivity index (χ2v) is 4.24.